The molecule has 1 N–H and O–H groups in total. The van der Waals surface area contributed by atoms with Crippen LogP contribution in [0.4, 0.5) is 0 Å². The molecule has 1 saturated heterocycles. The second kappa shape index (κ2) is 9.93. The standard InChI is InChI=1S/C21H26ClN7O2/c1-15-13-18(26-30-15)14-28-9-11-29(12-10-28)21(23-2)24-8-7-19-25-20(27-31-19)16-3-5-17(22)6-4-16/h3-6,13H,7-12,14H2,1-2H3,(H,23,24). The maximum Gasteiger partial charge on any atom is 0.228 e. The van der Waals surface area contributed by atoms with Crippen LogP contribution < -0.4 is 5.32 Å². The predicted octanol–water partition coefficient (Wildman–Crippen LogP) is 2.62. The van der Waals surface area contributed by atoms with Crippen LogP contribution in [0.25, 0.3) is 11.4 Å². The molecule has 2 aromatic heterocycles. The quantitative estimate of drug-likeness (QED) is 0.458. The van der Waals surface area contributed by atoms with Crippen LogP contribution in [0.2, 0.25) is 5.02 Å². The largest absolute Gasteiger partial charge is 0.361 e. The molecule has 0 radical (unpaired) electrons. The summed E-state index contributed by atoms with van der Waals surface area (Å²) in [5.74, 6) is 2.88. The van der Waals surface area contributed by atoms with Gasteiger partial charge < -0.3 is 19.3 Å². The monoisotopic (exact) mass is 443 g/mol. The van der Waals surface area contributed by atoms with E-state index in [4.69, 9.17) is 20.6 Å². The van der Waals surface area contributed by atoms with Crippen LogP contribution in [0, 0.1) is 6.92 Å². The molecular formula is C21H26ClN7O2. The number of piperazine rings is 1. The molecule has 9 nitrogen and oxygen atoms in total. The minimum atomic E-state index is 0.564. The minimum absolute atomic E-state index is 0.564. The average Bonchev–Trinajstić information content (AvgIpc) is 3.41. The molecule has 31 heavy (non-hydrogen) atoms. The molecule has 0 unspecified atom stereocenters. The first-order chi connectivity index (χ1) is 15.1. The third-order valence-electron chi connectivity index (χ3n) is 5.14. The van der Waals surface area contributed by atoms with Gasteiger partial charge >= 0.3 is 0 Å². The second-order valence-electron chi connectivity index (χ2n) is 7.43. The predicted molar refractivity (Wildman–Crippen MR) is 118 cm³/mol. The Bertz CT molecular complexity index is 1010. The Morgan fingerprint density at radius 2 is 1.90 bits per heavy atom. The van der Waals surface area contributed by atoms with Crippen LogP contribution >= 0.6 is 11.6 Å². The van der Waals surface area contributed by atoms with E-state index in [-0.39, 0.29) is 0 Å². The Morgan fingerprint density at radius 3 is 2.58 bits per heavy atom. The van der Waals surface area contributed by atoms with Crippen molar-refractivity contribution in [1.82, 2.24) is 30.4 Å². The summed E-state index contributed by atoms with van der Waals surface area (Å²) in [6.45, 7) is 7.07. The van der Waals surface area contributed by atoms with E-state index in [1.807, 2.05) is 37.3 Å². The van der Waals surface area contributed by atoms with Gasteiger partial charge in [-0.1, -0.05) is 21.9 Å². The van der Waals surface area contributed by atoms with Crippen LogP contribution in [-0.4, -0.2) is 70.8 Å². The number of rotatable bonds is 6. The van der Waals surface area contributed by atoms with Crippen molar-refractivity contribution in [3.8, 4) is 11.4 Å². The number of aromatic nitrogens is 3. The fourth-order valence-electron chi connectivity index (χ4n) is 3.53. The maximum absolute atomic E-state index is 5.93. The summed E-state index contributed by atoms with van der Waals surface area (Å²) in [7, 11) is 1.80. The Labute approximate surface area is 186 Å². The van der Waals surface area contributed by atoms with Gasteiger partial charge in [0.05, 0.1) is 5.69 Å². The summed E-state index contributed by atoms with van der Waals surface area (Å²) in [5, 5.41) is 12.2. The topological polar surface area (TPSA) is 95.8 Å². The lowest BCUT2D eigenvalue weighted by molar-refractivity contribution is 0.169. The van der Waals surface area contributed by atoms with E-state index in [9.17, 15) is 0 Å². The molecule has 10 heteroatoms. The Kier molecular flexibility index (Phi) is 6.83. The summed E-state index contributed by atoms with van der Waals surface area (Å²) in [4.78, 5) is 13.5. The Morgan fingerprint density at radius 1 is 1.13 bits per heavy atom. The van der Waals surface area contributed by atoms with Crippen molar-refractivity contribution in [3.05, 3.63) is 52.7 Å². The van der Waals surface area contributed by atoms with E-state index in [1.165, 1.54) is 0 Å². The number of hydrogen-bond acceptors (Lipinski definition) is 7. The van der Waals surface area contributed by atoms with Crippen molar-refractivity contribution in [2.45, 2.75) is 19.9 Å². The molecule has 3 aromatic rings. The lowest BCUT2D eigenvalue weighted by atomic mass is 10.2. The molecule has 0 spiro atoms. The van der Waals surface area contributed by atoms with Crippen molar-refractivity contribution < 1.29 is 9.05 Å². The zero-order valence-electron chi connectivity index (χ0n) is 17.7. The maximum atomic E-state index is 5.93. The number of halogens is 1. The molecule has 0 amide bonds. The Hall–Kier alpha value is -2.91. The number of nitrogens with zero attached hydrogens (tertiary/aromatic N) is 6. The smallest absolute Gasteiger partial charge is 0.228 e. The normalized spacial score (nSPS) is 15.5. The highest BCUT2D eigenvalue weighted by atomic mass is 35.5. The summed E-state index contributed by atoms with van der Waals surface area (Å²) >= 11 is 5.93. The molecule has 0 atom stereocenters. The molecule has 1 aliphatic heterocycles. The van der Waals surface area contributed by atoms with Gasteiger partial charge in [-0.3, -0.25) is 9.89 Å². The molecule has 1 fully saturated rings. The zero-order chi connectivity index (χ0) is 21.6. The molecule has 1 aliphatic rings. The second-order valence-corrected chi connectivity index (χ2v) is 7.87. The third-order valence-corrected chi connectivity index (χ3v) is 5.39. The fourth-order valence-corrected chi connectivity index (χ4v) is 3.65. The third kappa shape index (κ3) is 5.62. The highest BCUT2D eigenvalue weighted by Gasteiger charge is 2.20. The average molecular weight is 444 g/mol. The molecule has 1 aromatic carbocycles. The van der Waals surface area contributed by atoms with Gasteiger partial charge in [-0.25, -0.2) is 0 Å². The van der Waals surface area contributed by atoms with Gasteiger partial charge in [0, 0.05) is 69.4 Å². The van der Waals surface area contributed by atoms with Gasteiger partial charge in [-0.2, -0.15) is 4.98 Å². The fraction of sp³-hybridized carbons (Fsp3) is 0.429. The summed E-state index contributed by atoms with van der Waals surface area (Å²) in [6, 6.07) is 9.36. The molecule has 3 heterocycles. The van der Waals surface area contributed by atoms with E-state index < -0.39 is 0 Å². The lowest BCUT2D eigenvalue weighted by Gasteiger charge is -2.36. The molecule has 4 rings (SSSR count). The van der Waals surface area contributed by atoms with Gasteiger partial charge in [0.2, 0.25) is 11.7 Å². The van der Waals surface area contributed by atoms with E-state index >= 15 is 0 Å². The molecule has 0 aliphatic carbocycles. The van der Waals surface area contributed by atoms with E-state index in [0.29, 0.717) is 29.7 Å². The molecule has 164 valence electrons. The first-order valence-electron chi connectivity index (χ1n) is 10.3. The number of guanidine groups is 1. The van der Waals surface area contributed by atoms with Gasteiger partial charge in [-0.05, 0) is 31.2 Å². The number of aryl methyl sites for hydroxylation is 1. The highest BCUT2D eigenvalue weighted by molar-refractivity contribution is 6.30. The van der Waals surface area contributed by atoms with Crippen LogP contribution in [0.1, 0.15) is 17.3 Å². The molecule has 0 saturated carbocycles. The highest BCUT2D eigenvalue weighted by Crippen LogP contribution is 2.18. The van der Waals surface area contributed by atoms with Crippen LogP contribution in [0.15, 0.2) is 44.4 Å². The van der Waals surface area contributed by atoms with E-state index in [2.05, 4.69) is 35.4 Å². The minimum Gasteiger partial charge on any atom is -0.361 e. The SMILES string of the molecule is CN=C(NCCc1nc(-c2ccc(Cl)cc2)no1)N1CCN(Cc2cc(C)on2)CC1. The van der Waals surface area contributed by atoms with Crippen LogP contribution in [0.5, 0.6) is 0 Å². The number of hydrogen-bond donors (Lipinski definition) is 1. The van der Waals surface area contributed by atoms with Gasteiger partial charge in [-0.15, -0.1) is 0 Å². The van der Waals surface area contributed by atoms with Gasteiger partial charge in [0.15, 0.2) is 5.96 Å². The van der Waals surface area contributed by atoms with E-state index in [1.54, 1.807) is 7.05 Å². The lowest BCUT2D eigenvalue weighted by Crippen LogP contribution is -2.52. The first kappa shape index (κ1) is 21.3. The molecular weight excluding hydrogens is 418 g/mol. The summed E-state index contributed by atoms with van der Waals surface area (Å²) < 4.78 is 10.5. The van der Waals surface area contributed by atoms with Crippen molar-refractivity contribution in [1.29, 1.82) is 0 Å². The van der Waals surface area contributed by atoms with Crippen molar-refractivity contribution >= 4 is 17.6 Å². The van der Waals surface area contributed by atoms with E-state index in [0.717, 1.165) is 55.7 Å². The zero-order valence-corrected chi connectivity index (χ0v) is 18.5. The van der Waals surface area contributed by atoms with Gasteiger partial charge in [0.25, 0.3) is 0 Å². The van der Waals surface area contributed by atoms with Crippen LogP contribution in [-0.2, 0) is 13.0 Å². The Balaban J connectivity index is 1.23. The van der Waals surface area contributed by atoms with Crippen molar-refractivity contribution in [3.63, 3.8) is 0 Å². The number of benzene rings is 1. The van der Waals surface area contributed by atoms with Crippen molar-refractivity contribution in [2.24, 2.45) is 4.99 Å². The number of nitrogens with one attached hydrogen (secondary N) is 1. The summed E-state index contributed by atoms with van der Waals surface area (Å²) in [5.41, 5.74) is 1.85. The molecule has 0 bridgehead atoms. The van der Waals surface area contributed by atoms with Gasteiger partial charge in [0.1, 0.15) is 5.76 Å². The summed E-state index contributed by atoms with van der Waals surface area (Å²) in [6.07, 6.45) is 0.616. The number of aliphatic imine (C=N–C) groups is 1. The van der Waals surface area contributed by atoms with Crippen molar-refractivity contribution in [2.75, 3.05) is 39.8 Å². The first-order valence-corrected chi connectivity index (χ1v) is 10.7. The van der Waals surface area contributed by atoms with Crippen LogP contribution in [0.3, 0.4) is 0 Å².